The van der Waals surface area contributed by atoms with Crippen LogP contribution in [-0.4, -0.2) is 23.8 Å². The lowest BCUT2D eigenvalue weighted by Crippen LogP contribution is -2.43. The molecule has 4 atom stereocenters. The maximum absolute atomic E-state index is 12.8. The van der Waals surface area contributed by atoms with Gasteiger partial charge in [0.25, 0.3) is 0 Å². The van der Waals surface area contributed by atoms with E-state index >= 15 is 0 Å². The number of anilines is 1. The van der Waals surface area contributed by atoms with Crippen molar-refractivity contribution in [2.24, 2.45) is 17.8 Å². The molecule has 4 unspecified atom stereocenters. The monoisotopic (exact) mass is 268 g/mol. The second-order valence-corrected chi connectivity index (χ2v) is 6.06. The summed E-state index contributed by atoms with van der Waals surface area (Å²) in [6.07, 6.45) is 5.12. The van der Waals surface area contributed by atoms with Crippen LogP contribution in [-0.2, 0) is 15.0 Å². The number of hydrogen-bond acceptors (Lipinski definition) is 3. The summed E-state index contributed by atoms with van der Waals surface area (Å²) in [5.41, 5.74) is 6.65. The molecule has 20 heavy (non-hydrogen) atoms. The van der Waals surface area contributed by atoms with Crippen molar-refractivity contribution in [2.75, 3.05) is 12.8 Å². The molecule has 1 saturated heterocycles. The minimum absolute atomic E-state index is 0.0383. The smallest absolute Gasteiger partial charge is 0.241 e. The lowest BCUT2D eigenvalue weighted by Gasteiger charge is -2.33. The van der Waals surface area contributed by atoms with Crippen LogP contribution in [0.5, 0.6) is 0 Å². The molecular formula is C16H16N2O2. The summed E-state index contributed by atoms with van der Waals surface area (Å²) < 4.78 is 0. The zero-order chi connectivity index (χ0) is 14.1. The third-order valence-electron chi connectivity index (χ3n) is 5.26. The van der Waals surface area contributed by atoms with Gasteiger partial charge in [0.2, 0.25) is 11.8 Å². The van der Waals surface area contributed by atoms with Crippen molar-refractivity contribution >= 4 is 17.5 Å². The van der Waals surface area contributed by atoms with Crippen molar-refractivity contribution in [3.8, 4) is 0 Å². The molecule has 1 aromatic carbocycles. The number of allylic oxidation sites excluding steroid dienone is 2. The van der Waals surface area contributed by atoms with Gasteiger partial charge in [-0.25, -0.2) is 0 Å². The standard InChI is InChI=1S/C16H16N2O2/c1-18-14(19)13-9-2-3-11(8-9)16(13,15(18)20)10-4-6-12(17)7-5-10/h2-7,9,11,13H,8,17H2,1H3. The highest BCUT2D eigenvalue weighted by Gasteiger charge is 2.69. The lowest BCUT2D eigenvalue weighted by atomic mass is 9.65. The van der Waals surface area contributed by atoms with Gasteiger partial charge in [0, 0.05) is 12.7 Å². The number of imide groups is 1. The Labute approximate surface area is 117 Å². The third kappa shape index (κ3) is 1.09. The number of nitrogens with zero attached hydrogens (tertiary/aromatic N) is 1. The first-order valence-electron chi connectivity index (χ1n) is 6.93. The van der Waals surface area contributed by atoms with Gasteiger partial charge in [-0.3, -0.25) is 14.5 Å². The summed E-state index contributed by atoms with van der Waals surface area (Å²) in [4.78, 5) is 26.6. The summed E-state index contributed by atoms with van der Waals surface area (Å²) in [6, 6.07) is 7.43. The molecule has 4 rings (SSSR count). The second-order valence-electron chi connectivity index (χ2n) is 6.06. The Kier molecular flexibility index (Phi) is 2.05. The van der Waals surface area contributed by atoms with Crippen molar-refractivity contribution in [1.29, 1.82) is 0 Å². The fourth-order valence-corrected chi connectivity index (χ4v) is 4.41. The Bertz CT molecular complexity index is 649. The van der Waals surface area contributed by atoms with E-state index in [1.807, 2.05) is 24.3 Å². The number of nitrogen functional groups attached to an aromatic ring is 1. The molecule has 2 N–H and O–H groups in total. The number of likely N-dealkylation sites (tertiary alicyclic amines) is 1. The van der Waals surface area contributed by atoms with Crippen LogP contribution in [0, 0.1) is 17.8 Å². The molecule has 2 fully saturated rings. The minimum atomic E-state index is -0.695. The number of fused-ring (bicyclic) bond motifs is 5. The van der Waals surface area contributed by atoms with E-state index in [2.05, 4.69) is 12.2 Å². The summed E-state index contributed by atoms with van der Waals surface area (Å²) in [7, 11) is 1.60. The predicted octanol–water partition coefficient (Wildman–Crippen LogP) is 1.33. The number of hydrogen-bond donors (Lipinski definition) is 1. The molecule has 4 heteroatoms. The van der Waals surface area contributed by atoms with Crippen molar-refractivity contribution in [2.45, 2.75) is 11.8 Å². The molecule has 4 nitrogen and oxygen atoms in total. The average molecular weight is 268 g/mol. The molecule has 2 aliphatic carbocycles. The van der Waals surface area contributed by atoms with Gasteiger partial charge in [0.15, 0.2) is 0 Å². The van der Waals surface area contributed by atoms with E-state index in [1.165, 1.54) is 4.90 Å². The molecule has 0 spiro atoms. The van der Waals surface area contributed by atoms with E-state index in [0.29, 0.717) is 5.69 Å². The number of nitrogens with two attached hydrogens (primary N) is 1. The van der Waals surface area contributed by atoms with Gasteiger partial charge in [0.1, 0.15) is 0 Å². The number of carbonyl (C=O) groups excluding carboxylic acids is 2. The van der Waals surface area contributed by atoms with E-state index in [9.17, 15) is 9.59 Å². The molecular weight excluding hydrogens is 252 g/mol. The first-order valence-corrected chi connectivity index (χ1v) is 6.93. The summed E-state index contributed by atoms with van der Waals surface area (Å²) in [5.74, 6) is -0.0158. The highest BCUT2D eigenvalue weighted by Crippen LogP contribution is 2.61. The van der Waals surface area contributed by atoms with Gasteiger partial charge in [-0.1, -0.05) is 24.3 Å². The Hall–Kier alpha value is -2.10. The van der Waals surface area contributed by atoms with Crippen LogP contribution < -0.4 is 5.73 Å². The first-order chi connectivity index (χ1) is 9.56. The average Bonchev–Trinajstić information content (AvgIpc) is 3.09. The van der Waals surface area contributed by atoms with Crippen molar-refractivity contribution < 1.29 is 9.59 Å². The van der Waals surface area contributed by atoms with Crippen LogP contribution >= 0.6 is 0 Å². The predicted molar refractivity (Wildman–Crippen MR) is 74.5 cm³/mol. The summed E-state index contributed by atoms with van der Waals surface area (Å²) >= 11 is 0. The largest absolute Gasteiger partial charge is 0.399 e. The van der Waals surface area contributed by atoms with Crippen LogP contribution in [0.1, 0.15) is 12.0 Å². The Balaban J connectivity index is 1.96. The first kappa shape index (κ1) is 11.7. The molecule has 0 aromatic heterocycles. The van der Waals surface area contributed by atoms with Gasteiger partial charge >= 0.3 is 0 Å². The topological polar surface area (TPSA) is 63.4 Å². The van der Waals surface area contributed by atoms with Crippen molar-refractivity contribution in [1.82, 2.24) is 4.90 Å². The maximum Gasteiger partial charge on any atom is 0.241 e. The van der Waals surface area contributed by atoms with E-state index in [0.717, 1.165) is 12.0 Å². The van der Waals surface area contributed by atoms with Crippen molar-refractivity contribution in [3.05, 3.63) is 42.0 Å². The summed E-state index contributed by atoms with van der Waals surface area (Å²) in [6.45, 7) is 0. The van der Waals surface area contributed by atoms with Crippen LogP contribution in [0.3, 0.4) is 0 Å². The molecule has 1 aromatic rings. The Morgan fingerprint density at radius 3 is 2.60 bits per heavy atom. The molecule has 1 heterocycles. The van der Waals surface area contributed by atoms with Crippen LogP contribution in [0.4, 0.5) is 5.69 Å². The van der Waals surface area contributed by atoms with E-state index in [-0.39, 0.29) is 29.6 Å². The molecule has 2 bridgehead atoms. The number of amides is 2. The molecule has 1 aliphatic heterocycles. The van der Waals surface area contributed by atoms with E-state index < -0.39 is 5.41 Å². The van der Waals surface area contributed by atoms with Crippen LogP contribution in [0.2, 0.25) is 0 Å². The number of carbonyl (C=O) groups is 2. The van der Waals surface area contributed by atoms with Crippen LogP contribution in [0.15, 0.2) is 36.4 Å². The van der Waals surface area contributed by atoms with Gasteiger partial charge in [-0.2, -0.15) is 0 Å². The highest BCUT2D eigenvalue weighted by molar-refractivity contribution is 6.11. The lowest BCUT2D eigenvalue weighted by molar-refractivity contribution is -0.139. The number of benzene rings is 1. The zero-order valence-electron chi connectivity index (χ0n) is 11.2. The molecule has 1 saturated carbocycles. The highest BCUT2D eigenvalue weighted by atomic mass is 16.2. The summed E-state index contributed by atoms with van der Waals surface area (Å²) in [5, 5.41) is 0. The van der Waals surface area contributed by atoms with E-state index in [4.69, 9.17) is 5.73 Å². The van der Waals surface area contributed by atoms with Crippen LogP contribution in [0.25, 0.3) is 0 Å². The fraction of sp³-hybridized carbons (Fsp3) is 0.375. The van der Waals surface area contributed by atoms with Gasteiger partial charge < -0.3 is 5.73 Å². The zero-order valence-corrected chi connectivity index (χ0v) is 11.2. The number of likely N-dealkylation sites (N-methyl/N-ethyl adjacent to an activating group) is 1. The molecule has 0 radical (unpaired) electrons. The quantitative estimate of drug-likeness (QED) is 0.475. The van der Waals surface area contributed by atoms with E-state index in [1.54, 1.807) is 7.05 Å². The minimum Gasteiger partial charge on any atom is -0.399 e. The Morgan fingerprint density at radius 1 is 1.20 bits per heavy atom. The fourth-order valence-electron chi connectivity index (χ4n) is 4.41. The molecule has 102 valence electrons. The SMILES string of the molecule is CN1C(=O)C2C3C=CC(C3)C2(c2ccc(N)cc2)C1=O. The normalized spacial score (nSPS) is 37.9. The van der Waals surface area contributed by atoms with Gasteiger partial charge in [-0.15, -0.1) is 0 Å². The van der Waals surface area contributed by atoms with Gasteiger partial charge in [-0.05, 0) is 36.0 Å². The maximum atomic E-state index is 12.8. The van der Waals surface area contributed by atoms with Crippen molar-refractivity contribution in [3.63, 3.8) is 0 Å². The Morgan fingerprint density at radius 2 is 1.90 bits per heavy atom. The second kappa shape index (κ2) is 3.51. The molecule has 2 amide bonds. The molecule has 3 aliphatic rings. The number of rotatable bonds is 1. The third-order valence-corrected chi connectivity index (χ3v) is 5.26. The van der Waals surface area contributed by atoms with Gasteiger partial charge in [0.05, 0.1) is 11.3 Å².